The van der Waals surface area contributed by atoms with Crippen molar-refractivity contribution in [3.05, 3.63) is 77.8 Å². The number of nitrogens with one attached hydrogen (secondary N) is 3. The molecule has 2 aromatic heterocycles. The maximum Gasteiger partial charge on any atom is 0.319 e. The van der Waals surface area contributed by atoms with E-state index in [0.717, 1.165) is 17.0 Å². The Balaban J connectivity index is 1.50. The van der Waals surface area contributed by atoms with E-state index >= 15 is 0 Å². The van der Waals surface area contributed by atoms with Crippen LogP contribution < -0.4 is 20.7 Å². The predicted molar refractivity (Wildman–Crippen MR) is 134 cm³/mol. The smallest absolute Gasteiger partial charge is 0.319 e. The van der Waals surface area contributed by atoms with Gasteiger partial charge in [-0.25, -0.2) is 9.31 Å². The Morgan fingerprint density at radius 1 is 1.31 bits per heavy atom. The molecule has 1 aromatic carbocycles. The number of aliphatic hydroxyl groups is 1. The molecule has 3 aromatic rings. The normalized spacial score (nSPS) is 14.8. The zero-order chi connectivity index (χ0) is 24.6. The first kappa shape index (κ1) is 23.9. The van der Waals surface area contributed by atoms with Crippen LogP contribution in [0.15, 0.2) is 66.7 Å². The van der Waals surface area contributed by atoms with E-state index in [1.807, 2.05) is 55.5 Å². The Kier molecular flexibility index (Phi) is 7.65. The van der Waals surface area contributed by atoms with E-state index in [4.69, 9.17) is 9.84 Å². The number of unbranched alkanes of at least 4 members (excludes halogenated alkanes) is 1. The van der Waals surface area contributed by atoms with Gasteiger partial charge in [0.05, 0.1) is 34.8 Å². The van der Waals surface area contributed by atoms with Crippen molar-refractivity contribution in [2.75, 3.05) is 23.8 Å². The number of hydrogen-bond donors (Lipinski definition) is 4. The van der Waals surface area contributed by atoms with Crippen molar-refractivity contribution >= 4 is 22.9 Å². The number of nitriles is 1. The van der Waals surface area contributed by atoms with Crippen LogP contribution in [0.1, 0.15) is 30.4 Å². The summed E-state index contributed by atoms with van der Waals surface area (Å²) in [6.07, 6.45) is 11.1. The van der Waals surface area contributed by atoms with Gasteiger partial charge in [0.2, 0.25) is 0 Å². The fourth-order valence-electron chi connectivity index (χ4n) is 3.83. The van der Waals surface area contributed by atoms with Gasteiger partial charge in [-0.3, -0.25) is 0 Å². The minimum Gasteiger partial charge on any atom is -0.486 e. The molecule has 1 atom stereocenters. The van der Waals surface area contributed by atoms with Crippen LogP contribution in [0.5, 0.6) is 5.75 Å². The van der Waals surface area contributed by atoms with Gasteiger partial charge in [-0.05, 0) is 44.1 Å². The summed E-state index contributed by atoms with van der Waals surface area (Å²) in [6.45, 7) is 2.44. The molecule has 0 bridgehead atoms. The van der Waals surface area contributed by atoms with Crippen molar-refractivity contribution in [2.24, 2.45) is 0 Å². The number of anilines is 2. The number of amides is 2. The third-order valence-electron chi connectivity index (χ3n) is 5.66. The molecule has 9 heteroatoms. The number of fused-ring (bicyclic) bond motifs is 1. The zero-order valence-electron chi connectivity index (χ0n) is 19.5. The fraction of sp³-hybridized carbons (Fsp3) is 0.269. The molecular formula is C26H28N6O3. The summed E-state index contributed by atoms with van der Waals surface area (Å²) in [4.78, 5) is 12.3. The number of aliphatic hydroxyl groups excluding tert-OH is 1. The molecular weight excluding hydrogens is 444 g/mol. The summed E-state index contributed by atoms with van der Waals surface area (Å²) in [7, 11) is 0. The monoisotopic (exact) mass is 472 g/mol. The van der Waals surface area contributed by atoms with E-state index < -0.39 is 0 Å². The lowest BCUT2D eigenvalue weighted by Crippen LogP contribution is -2.29. The number of rotatable bonds is 9. The maximum atomic E-state index is 12.3. The van der Waals surface area contributed by atoms with E-state index in [0.29, 0.717) is 48.3 Å². The number of urea groups is 1. The van der Waals surface area contributed by atoms with Gasteiger partial charge in [0.1, 0.15) is 17.9 Å². The highest BCUT2D eigenvalue weighted by Gasteiger charge is 2.18. The second-order valence-electron chi connectivity index (χ2n) is 8.17. The maximum absolute atomic E-state index is 12.3. The predicted octanol–water partition coefficient (Wildman–Crippen LogP) is 4.11. The average Bonchev–Trinajstić information content (AvgIpc) is 3.19. The van der Waals surface area contributed by atoms with Crippen LogP contribution >= 0.6 is 0 Å². The lowest BCUT2D eigenvalue weighted by Gasteiger charge is -2.19. The third kappa shape index (κ3) is 5.80. The molecule has 4 rings (SSSR count). The van der Waals surface area contributed by atoms with E-state index in [1.54, 1.807) is 10.7 Å². The van der Waals surface area contributed by atoms with Crippen LogP contribution in [-0.4, -0.2) is 40.0 Å². The van der Waals surface area contributed by atoms with Gasteiger partial charge in [0, 0.05) is 30.8 Å². The number of hydrogen-bond acceptors (Lipinski definition) is 6. The minimum atomic E-state index is -0.334. The van der Waals surface area contributed by atoms with E-state index in [2.05, 4.69) is 27.1 Å². The van der Waals surface area contributed by atoms with Gasteiger partial charge >= 0.3 is 6.03 Å². The average molecular weight is 473 g/mol. The highest BCUT2D eigenvalue weighted by atomic mass is 16.5. The highest BCUT2D eigenvalue weighted by Crippen LogP contribution is 2.31. The van der Waals surface area contributed by atoms with Gasteiger partial charge in [0.15, 0.2) is 0 Å². The summed E-state index contributed by atoms with van der Waals surface area (Å²) < 4.78 is 7.63. The second kappa shape index (κ2) is 11.2. The molecule has 9 nitrogen and oxygen atoms in total. The van der Waals surface area contributed by atoms with Gasteiger partial charge in [-0.2, -0.15) is 10.4 Å². The first-order chi connectivity index (χ1) is 17.1. The number of carbonyl (C=O) groups is 1. The van der Waals surface area contributed by atoms with Gasteiger partial charge in [-0.1, -0.05) is 24.3 Å². The third-order valence-corrected chi connectivity index (χ3v) is 5.66. The quantitative estimate of drug-likeness (QED) is 0.348. The molecule has 2 heterocycles. The molecule has 4 N–H and O–H groups in total. The standard InChI is InChI=1S/C26H28N6O3/c1-18-23(31-26(34)28-13-5-6-14-33)17-32-25(18)24(19(15-27)16-29-32)30-20-9-11-22(12-10-20)35-21-7-3-2-4-8-21/h2-4,7-11,16-17,22,30,33H,5-6,12-14H2,1H3,(H2,28,31,34). The Hall–Kier alpha value is -4.29. The van der Waals surface area contributed by atoms with Crippen LogP contribution in [-0.2, 0) is 0 Å². The number of carbonyl (C=O) groups excluding carboxylic acids is 1. The molecule has 35 heavy (non-hydrogen) atoms. The Morgan fingerprint density at radius 3 is 2.86 bits per heavy atom. The van der Waals surface area contributed by atoms with Gasteiger partial charge in [-0.15, -0.1) is 0 Å². The Morgan fingerprint density at radius 2 is 2.14 bits per heavy atom. The highest BCUT2D eigenvalue weighted by molar-refractivity contribution is 5.94. The lowest BCUT2D eigenvalue weighted by molar-refractivity contribution is 0.250. The molecule has 1 aliphatic rings. The van der Waals surface area contributed by atoms with Crippen LogP contribution in [0.25, 0.3) is 5.52 Å². The van der Waals surface area contributed by atoms with Crippen molar-refractivity contribution in [2.45, 2.75) is 32.3 Å². The molecule has 0 fully saturated rings. The summed E-state index contributed by atoms with van der Waals surface area (Å²) in [5.41, 5.74) is 3.95. The summed E-state index contributed by atoms with van der Waals surface area (Å²) in [5.74, 6) is 0.816. The summed E-state index contributed by atoms with van der Waals surface area (Å²) in [5, 5.41) is 31.9. The number of ether oxygens (including phenoxy) is 1. The van der Waals surface area contributed by atoms with Gasteiger partial charge < -0.3 is 25.8 Å². The van der Waals surface area contributed by atoms with Crippen LogP contribution in [0.2, 0.25) is 0 Å². The number of allylic oxidation sites excluding steroid dienone is 1. The van der Waals surface area contributed by atoms with Crippen LogP contribution in [0.4, 0.5) is 16.2 Å². The largest absolute Gasteiger partial charge is 0.486 e. The zero-order valence-corrected chi connectivity index (χ0v) is 19.5. The SMILES string of the molecule is Cc1c(NC(=O)NCCCCO)cn2ncc(C#N)c(NC3=CCC(Oc4ccccc4)C=C3)c12. The fourth-order valence-corrected chi connectivity index (χ4v) is 3.83. The van der Waals surface area contributed by atoms with Crippen molar-refractivity contribution in [1.29, 1.82) is 5.26 Å². The van der Waals surface area contributed by atoms with Crippen molar-refractivity contribution < 1.29 is 14.6 Å². The first-order valence-electron chi connectivity index (χ1n) is 11.5. The summed E-state index contributed by atoms with van der Waals surface area (Å²) in [6, 6.07) is 11.5. The number of aromatic nitrogens is 2. The molecule has 1 aliphatic carbocycles. The molecule has 0 saturated heterocycles. The van der Waals surface area contributed by atoms with Crippen LogP contribution in [0.3, 0.4) is 0 Å². The van der Waals surface area contributed by atoms with Crippen molar-refractivity contribution in [3.63, 3.8) is 0 Å². The topological polar surface area (TPSA) is 124 Å². The second-order valence-corrected chi connectivity index (χ2v) is 8.17. The van der Waals surface area contributed by atoms with Crippen LogP contribution in [0, 0.1) is 18.3 Å². The Labute approximate surface area is 203 Å². The van der Waals surface area contributed by atoms with E-state index in [1.165, 1.54) is 6.20 Å². The molecule has 0 aliphatic heterocycles. The van der Waals surface area contributed by atoms with Crippen molar-refractivity contribution in [1.82, 2.24) is 14.9 Å². The lowest BCUT2D eigenvalue weighted by atomic mass is 10.1. The number of aryl methyl sites for hydroxylation is 1. The van der Waals surface area contributed by atoms with Gasteiger partial charge in [0.25, 0.3) is 0 Å². The summed E-state index contributed by atoms with van der Waals surface area (Å²) >= 11 is 0. The van der Waals surface area contributed by atoms with E-state index in [9.17, 15) is 10.1 Å². The van der Waals surface area contributed by atoms with Crippen molar-refractivity contribution in [3.8, 4) is 11.8 Å². The van der Waals surface area contributed by atoms with E-state index in [-0.39, 0.29) is 18.7 Å². The number of nitrogens with zero attached hydrogens (tertiary/aromatic N) is 3. The molecule has 180 valence electrons. The molecule has 1 unspecified atom stereocenters. The molecule has 2 amide bonds. The Bertz CT molecular complexity index is 1290. The molecule has 0 saturated carbocycles. The number of para-hydroxylation sites is 1. The molecule has 0 spiro atoms. The first-order valence-corrected chi connectivity index (χ1v) is 11.5. The number of benzene rings is 1. The molecule has 0 radical (unpaired) electrons. The minimum absolute atomic E-state index is 0.0717.